The highest BCUT2D eigenvalue weighted by Crippen LogP contribution is 2.41. The Balaban J connectivity index is 1.75. The van der Waals surface area contributed by atoms with Crippen LogP contribution in [0.1, 0.15) is 41.9 Å². The Hall–Kier alpha value is -2.33. The normalized spacial score (nSPS) is 15.7. The van der Waals surface area contributed by atoms with Crippen LogP contribution in [0.2, 0.25) is 0 Å². The fraction of sp³-hybridized carbons (Fsp3) is 0.273. The van der Waals surface area contributed by atoms with E-state index in [9.17, 15) is 4.79 Å². The number of benzene rings is 1. The summed E-state index contributed by atoms with van der Waals surface area (Å²) >= 11 is 1.74. The number of carbonyl (C=O) groups excluding carboxylic acids is 1. The fourth-order valence-electron chi connectivity index (χ4n) is 3.58. The molecule has 3 aromatic rings. The van der Waals surface area contributed by atoms with Gasteiger partial charge in [0.25, 0.3) is 0 Å². The molecule has 0 spiro atoms. The molecule has 0 saturated heterocycles. The monoisotopic (exact) mass is 362 g/mol. The van der Waals surface area contributed by atoms with E-state index in [1.807, 2.05) is 24.3 Å². The van der Waals surface area contributed by atoms with Gasteiger partial charge in [0.05, 0.1) is 5.56 Å². The summed E-state index contributed by atoms with van der Waals surface area (Å²) in [4.78, 5) is 18.5. The summed E-state index contributed by atoms with van der Waals surface area (Å²) in [6, 6.07) is 16.3. The van der Waals surface area contributed by atoms with Crippen molar-refractivity contribution in [1.82, 2.24) is 9.55 Å². The van der Waals surface area contributed by atoms with Gasteiger partial charge in [0.1, 0.15) is 5.82 Å². The average Bonchev–Trinajstić information content (AvgIpc) is 2.99. The number of fused-ring (bicyclic) bond motifs is 1. The average molecular weight is 362 g/mol. The largest absolute Gasteiger partial charge is 0.304 e. The van der Waals surface area contributed by atoms with Crippen molar-refractivity contribution in [1.29, 1.82) is 0 Å². The van der Waals surface area contributed by atoms with E-state index in [0.29, 0.717) is 6.42 Å². The first-order valence-corrected chi connectivity index (χ1v) is 9.88. The second-order valence-corrected chi connectivity index (χ2v) is 8.61. The van der Waals surface area contributed by atoms with Gasteiger partial charge in [-0.3, -0.25) is 4.79 Å². The molecular formula is C22H22N2OS. The molecule has 4 rings (SSSR count). The van der Waals surface area contributed by atoms with Gasteiger partial charge >= 0.3 is 0 Å². The summed E-state index contributed by atoms with van der Waals surface area (Å²) in [6.45, 7) is 4.33. The molecule has 0 bridgehead atoms. The van der Waals surface area contributed by atoms with Gasteiger partial charge in [-0.25, -0.2) is 4.98 Å². The number of Topliss-reactive ketones (excluding diaryl/α,β-unsaturated/α-hetero) is 1. The van der Waals surface area contributed by atoms with Crippen molar-refractivity contribution in [3.63, 3.8) is 0 Å². The third kappa shape index (κ3) is 3.34. The molecule has 0 amide bonds. The van der Waals surface area contributed by atoms with Gasteiger partial charge in [-0.2, -0.15) is 0 Å². The maximum atomic E-state index is 12.9. The Bertz CT molecular complexity index is 930. The minimum absolute atomic E-state index is 0.0175. The van der Waals surface area contributed by atoms with Gasteiger partial charge in [0.15, 0.2) is 5.78 Å². The molecule has 0 saturated carbocycles. The van der Waals surface area contributed by atoms with E-state index < -0.39 is 0 Å². The van der Waals surface area contributed by atoms with Crippen molar-refractivity contribution in [3.05, 3.63) is 77.7 Å². The van der Waals surface area contributed by atoms with E-state index in [2.05, 4.69) is 53.9 Å². The fourth-order valence-corrected chi connectivity index (χ4v) is 4.65. The van der Waals surface area contributed by atoms with Crippen molar-refractivity contribution in [2.24, 2.45) is 5.41 Å². The second kappa shape index (κ2) is 6.76. The highest BCUT2D eigenvalue weighted by atomic mass is 32.2. The number of pyridine rings is 1. The van der Waals surface area contributed by atoms with Crippen LogP contribution in [0.15, 0.2) is 65.8 Å². The molecule has 132 valence electrons. The van der Waals surface area contributed by atoms with Crippen LogP contribution in [-0.2, 0) is 12.2 Å². The molecule has 0 unspecified atom stereocenters. The molecule has 3 nitrogen and oxygen atoms in total. The van der Waals surface area contributed by atoms with Crippen molar-refractivity contribution < 1.29 is 4.79 Å². The molecule has 0 fully saturated rings. The number of hydrogen-bond donors (Lipinski definition) is 0. The van der Waals surface area contributed by atoms with Crippen LogP contribution in [0.25, 0.3) is 5.82 Å². The molecule has 0 atom stereocenters. The molecule has 4 heteroatoms. The smallest absolute Gasteiger partial charge is 0.166 e. The predicted molar refractivity (Wildman–Crippen MR) is 106 cm³/mol. The lowest BCUT2D eigenvalue weighted by atomic mass is 9.76. The summed E-state index contributed by atoms with van der Waals surface area (Å²) in [5.74, 6) is 1.98. The van der Waals surface area contributed by atoms with Crippen molar-refractivity contribution in [2.75, 3.05) is 0 Å². The first-order valence-electron chi connectivity index (χ1n) is 8.89. The number of thioether (sulfide) groups is 1. The van der Waals surface area contributed by atoms with Crippen LogP contribution in [0.5, 0.6) is 0 Å². The highest BCUT2D eigenvalue weighted by Gasteiger charge is 2.35. The Morgan fingerprint density at radius 1 is 1.08 bits per heavy atom. The van der Waals surface area contributed by atoms with Crippen molar-refractivity contribution in [2.45, 2.75) is 37.3 Å². The van der Waals surface area contributed by atoms with Gasteiger partial charge in [-0.05, 0) is 29.5 Å². The van der Waals surface area contributed by atoms with Crippen LogP contribution in [0, 0.1) is 5.41 Å². The first kappa shape index (κ1) is 17.1. The van der Waals surface area contributed by atoms with Crippen LogP contribution in [0.3, 0.4) is 0 Å². The molecule has 0 radical (unpaired) electrons. The number of nitrogens with zero attached hydrogens (tertiary/aromatic N) is 2. The lowest BCUT2D eigenvalue weighted by Crippen LogP contribution is -2.28. The van der Waals surface area contributed by atoms with E-state index in [1.54, 1.807) is 18.0 Å². The second-order valence-electron chi connectivity index (χ2n) is 7.59. The Morgan fingerprint density at radius 2 is 1.85 bits per heavy atom. The quantitative estimate of drug-likeness (QED) is 0.589. The number of aromatic nitrogens is 2. The van der Waals surface area contributed by atoms with Gasteiger partial charge in [0.2, 0.25) is 0 Å². The van der Waals surface area contributed by atoms with Crippen LogP contribution < -0.4 is 0 Å². The molecule has 26 heavy (non-hydrogen) atoms. The molecule has 1 aromatic carbocycles. The number of carbonyl (C=O) groups is 1. The molecule has 0 aliphatic heterocycles. The molecule has 0 N–H and O–H groups in total. The maximum absolute atomic E-state index is 12.9. The summed E-state index contributed by atoms with van der Waals surface area (Å²) in [6.07, 6.45) is 5.38. The molecule has 2 aromatic heterocycles. The summed E-state index contributed by atoms with van der Waals surface area (Å²) in [5, 5.41) is 0. The topological polar surface area (TPSA) is 34.9 Å². The Labute approximate surface area is 158 Å². The van der Waals surface area contributed by atoms with Gasteiger partial charge in [0, 0.05) is 35.2 Å². The minimum atomic E-state index is -0.0175. The van der Waals surface area contributed by atoms with Crippen LogP contribution >= 0.6 is 11.8 Å². The predicted octanol–water partition coefficient (Wildman–Crippen LogP) is 5.32. The van der Waals surface area contributed by atoms with E-state index in [4.69, 9.17) is 0 Å². The first-order chi connectivity index (χ1) is 12.5. The summed E-state index contributed by atoms with van der Waals surface area (Å²) < 4.78 is 2.11. The standard InChI is InChI=1S/C22H22N2OS/c1-22(2)12-17-21(18(25)13-22)19(26-15-16-8-4-3-5-9-16)14-24(17)20-10-6-7-11-23-20/h3-11,14H,12-13,15H2,1-2H3. The van der Waals surface area contributed by atoms with Crippen molar-refractivity contribution >= 4 is 17.5 Å². The summed E-state index contributed by atoms with van der Waals surface area (Å²) in [5.41, 5.74) is 3.24. The number of ketones is 1. The summed E-state index contributed by atoms with van der Waals surface area (Å²) in [7, 11) is 0. The third-order valence-corrected chi connectivity index (χ3v) is 5.87. The third-order valence-electron chi connectivity index (χ3n) is 4.77. The number of rotatable bonds is 4. The minimum Gasteiger partial charge on any atom is -0.304 e. The van der Waals surface area contributed by atoms with Crippen LogP contribution in [0.4, 0.5) is 0 Å². The van der Waals surface area contributed by atoms with E-state index in [1.165, 1.54) is 5.56 Å². The zero-order valence-electron chi connectivity index (χ0n) is 15.1. The zero-order valence-corrected chi connectivity index (χ0v) is 15.9. The lowest BCUT2D eigenvalue weighted by molar-refractivity contribution is 0.0908. The van der Waals surface area contributed by atoms with E-state index in [-0.39, 0.29) is 11.2 Å². The molecular weight excluding hydrogens is 340 g/mol. The van der Waals surface area contributed by atoms with Crippen molar-refractivity contribution in [3.8, 4) is 5.82 Å². The van der Waals surface area contributed by atoms with Crippen LogP contribution in [-0.4, -0.2) is 15.3 Å². The van der Waals surface area contributed by atoms with E-state index in [0.717, 1.165) is 34.1 Å². The number of hydrogen-bond acceptors (Lipinski definition) is 3. The Kier molecular flexibility index (Phi) is 4.45. The highest BCUT2D eigenvalue weighted by molar-refractivity contribution is 7.98. The van der Waals surface area contributed by atoms with E-state index >= 15 is 0 Å². The maximum Gasteiger partial charge on any atom is 0.166 e. The van der Waals surface area contributed by atoms with Gasteiger partial charge < -0.3 is 4.57 Å². The lowest BCUT2D eigenvalue weighted by Gasteiger charge is -2.29. The van der Waals surface area contributed by atoms with Gasteiger partial charge in [-0.15, -0.1) is 11.8 Å². The van der Waals surface area contributed by atoms with Gasteiger partial charge in [-0.1, -0.05) is 50.2 Å². The Morgan fingerprint density at radius 3 is 2.58 bits per heavy atom. The SMILES string of the molecule is CC1(C)CC(=O)c2c(SCc3ccccc3)cn(-c3ccccn3)c2C1. The molecule has 1 aliphatic carbocycles. The zero-order chi connectivity index (χ0) is 18.1. The molecule has 1 aliphatic rings. The molecule has 2 heterocycles.